The molecule has 0 nitrogen and oxygen atoms in total. The van der Waals surface area contributed by atoms with E-state index in [2.05, 4.69) is 219 Å². The second-order valence-corrected chi connectivity index (χ2v) is 18.9. The molecule has 268 valence electrons. The van der Waals surface area contributed by atoms with E-state index in [9.17, 15) is 0 Å². The van der Waals surface area contributed by atoms with Gasteiger partial charge in [0.25, 0.3) is 0 Å². The molecule has 8 rings (SSSR count). The van der Waals surface area contributed by atoms with Crippen molar-refractivity contribution in [2.75, 3.05) is 0 Å². The summed E-state index contributed by atoms with van der Waals surface area (Å²) in [6, 6.07) is 49.8. The zero-order chi connectivity index (χ0) is 38.5. The molecule has 0 saturated carbocycles. The third kappa shape index (κ3) is 9.84. The van der Waals surface area contributed by atoms with Crippen LogP contribution in [0.3, 0.4) is 0 Å². The van der Waals surface area contributed by atoms with Gasteiger partial charge in [-0.1, -0.05) is 131 Å². The summed E-state index contributed by atoms with van der Waals surface area (Å²) in [4.78, 5) is 0. The number of fused-ring (bicyclic) bond motifs is 3. The maximum absolute atomic E-state index is 3.88. The number of hydrogen-bond acceptors (Lipinski definition) is 0. The first kappa shape index (κ1) is 40.2. The summed E-state index contributed by atoms with van der Waals surface area (Å²) in [7, 11) is 0. The van der Waals surface area contributed by atoms with Gasteiger partial charge in [-0.2, -0.15) is 6.08 Å². The van der Waals surface area contributed by atoms with Crippen molar-refractivity contribution in [1.29, 1.82) is 0 Å². The Hall–Kier alpha value is -3.49. The molecule has 0 aliphatic heterocycles. The molecule has 0 heterocycles. The van der Waals surface area contributed by atoms with E-state index >= 15 is 0 Å². The van der Waals surface area contributed by atoms with Crippen LogP contribution >= 0.6 is 31.9 Å². The maximum atomic E-state index is 3.88. The van der Waals surface area contributed by atoms with Crippen LogP contribution in [0.4, 0.5) is 0 Å². The molecule has 6 aromatic carbocycles. The van der Waals surface area contributed by atoms with Crippen molar-refractivity contribution in [3.8, 4) is 33.4 Å². The summed E-state index contributed by atoms with van der Waals surface area (Å²) in [5.41, 5.74) is 16.1. The SMILES string of the molecule is Brc1ccc([C](=[Zr+2])c2ccc(Br)cc2)cc1.CC(C)(C)c1cc2c([c-]c1-c1ccccc1)Cc1cc(-c3ccccc3)c(C(C)(C)C)cc1-2.[C-]1=CC=CC1. The molecule has 0 aromatic heterocycles. The molecule has 0 radical (unpaired) electrons. The van der Waals surface area contributed by atoms with Gasteiger partial charge in [-0.15, -0.1) is 35.2 Å². The second kappa shape index (κ2) is 17.5. The number of halogens is 2. The Morgan fingerprint density at radius 3 is 1.57 bits per heavy atom. The largest absolute Gasteiger partial charge is 0.273 e. The van der Waals surface area contributed by atoms with Crippen LogP contribution in [0, 0.1) is 12.1 Å². The van der Waals surface area contributed by atoms with Crippen molar-refractivity contribution in [3.05, 3.63) is 200 Å². The Kier molecular flexibility index (Phi) is 13.1. The van der Waals surface area contributed by atoms with Gasteiger partial charge >= 0.3 is 128 Å². The predicted octanol–water partition coefficient (Wildman–Crippen LogP) is 14.6. The molecule has 3 heteroatoms. The number of allylic oxidation sites excluding steroid dienone is 4. The average Bonchev–Trinajstić information content (AvgIpc) is 3.86. The molecule has 0 fully saturated rings. The molecule has 2 aliphatic carbocycles. The van der Waals surface area contributed by atoms with Gasteiger partial charge in [-0.05, 0) is 39.5 Å². The monoisotopic (exact) mass is 906 g/mol. The van der Waals surface area contributed by atoms with Crippen LogP contribution in [-0.2, 0) is 41.5 Å². The van der Waals surface area contributed by atoms with Crippen LogP contribution in [0.2, 0.25) is 0 Å². The Balaban J connectivity index is 0.000000195. The molecule has 0 saturated heterocycles. The Bertz CT molecular complexity index is 2120. The molecule has 0 N–H and O–H groups in total. The van der Waals surface area contributed by atoms with Gasteiger partial charge < -0.3 is 0 Å². The van der Waals surface area contributed by atoms with Crippen molar-refractivity contribution < 1.29 is 24.2 Å². The summed E-state index contributed by atoms with van der Waals surface area (Å²) in [6.45, 7) is 13.9. The summed E-state index contributed by atoms with van der Waals surface area (Å²) >= 11 is 8.34. The Labute approximate surface area is 355 Å². The van der Waals surface area contributed by atoms with Crippen LogP contribution in [0.1, 0.15) is 81.3 Å². The van der Waals surface area contributed by atoms with Crippen LogP contribution < -0.4 is 0 Å². The molecule has 0 amide bonds. The fourth-order valence-corrected chi connectivity index (χ4v) is 8.19. The van der Waals surface area contributed by atoms with Crippen molar-refractivity contribution in [2.24, 2.45) is 0 Å². The maximum Gasteiger partial charge on any atom is -0.0126 e. The Morgan fingerprint density at radius 2 is 1.11 bits per heavy atom. The first-order chi connectivity index (χ1) is 25.8. The van der Waals surface area contributed by atoms with Gasteiger partial charge in [0, 0.05) is 0 Å². The minimum Gasteiger partial charge on any atom is -0.273 e. The summed E-state index contributed by atoms with van der Waals surface area (Å²) in [5, 5.41) is 0. The van der Waals surface area contributed by atoms with E-state index < -0.39 is 0 Å². The third-order valence-electron chi connectivity index (χ3n) is 9.67. The normalized spacial score (nSPS) is 12.6. The molecule has 0 unspecified atom stereocenters. The summed E-state index contributed by atoms with van der Waals surface area (Å²) in [5.74, 6) is 0. The molecular weight excluding hydrogens is 864 g/mol. The average molecular weight is 910 g/mol. The Morgan fingerprint density at radius 1 is 0.593 bits per heavy atom. The minimum absolute atomic E-state index is 0.0380. The summed E-state index contributed by atoms with van der Waals surface area (Å²) in [6.07, 6.45) is 10.9. The zero-order valence-electron chi connectivity index (χ0n) is 32.0. The van der Waals surface area contributed by atoms with E-state index in [1.165, 1.54) is 94.2 Å². The van der Waals surface area contributed by atoms with Gasteiger partial charge in [0.1, 0.15) is 0 Å². The zero-order valence-corrected chi connectivity index (χ0v) is 37.7. The van der Waals surface area contributed by atoms with E-state index in [4.69, 9.17) is 0 Å². The predicted molar refractivity (Wildman–Crippen MR) is 235 cm³/mol. The van der Waals surface area contributed by atoms with Crippen molar-refractivity contribution >= 4 is 35.1 Å². The molecule has 6 aromatic rings. The molecule has 0 spiro atoms. The van der Waals surface area contributed by atoms with Crippen LogP contribution in [0.5, 0.6) is 0 Å². The van der Waals surface area contributed by atoms with Crippen LogP contribution in [0.25, 0.3) is 33.4 Å². The van der Waals surface area contributed by atoms with Gasteiger partial charge in [-0.3, -0.25) is 6.08 Å². The number of benzene rings is 6. The van der Waals surface area contributed by atoms with Crippen molar-refractivity contribution in [2.45, 2.75) is 65.2 Å². The number of hydrogen-bond donors (Lipinski definition) is 0. The second-order valence-electron chi connectivity index (χ2n) is 15.8. The third-order valence-corrected chi connectivity index (χ3v) is 12.2. The standard InChI is InChI=1S/C33H33.C13H8Br2.C5H5.Zr/c1-32(2,3)30-20-26-24(18-28(30)22-13-9-7-10-14-22)17-25-19-29(23-15-11-8-12-16-23)31(21-27(25)26)33(4,5)6;14-12-5-1-10(2-6-12)9-11-3-7-13(15)8-4-11;1-2-4-5-3-1;/h7-16,18,20-21H,17H2,1-6H3;1-8H;1-3H,4H2;/q-1;;-1;+2. The fourth-order valence-electron chi connectivity index (χ4n) is 6.84. The van der Waals surface area contributed by atoms with Gasteiger partial charge in [0.05, 0.1) is 0 Å². The van der Waals surface area contributed by atoms with E-state index in [0.29, 0.717) is 0 Å². The number of rotatable bonds is 4. The summed E-state index contributed by atoms with van der Waals surface area (Å²) < 4.78 is 3.62. The van der Waals surface area contributed by atoms with Crippen molar-refractivity contribution in [1.82, 2.24) is 0 Å². The van der Waals surface area contributed by atoms with E-state index in [1.54, 1.807) is 0 Å². The van der Waals surface area contributed by atoms with E-state index in [-0.39, 0.29) is 10.8 Å². The quantitative estimate of drug-likeness (QED) is 0.154. The van der Waals surface area contributed by atoms with Crippen LogP contribution in [-0.4, -0.2) is 3.21 Å². The molecule has 0 atom stereocenters. The first-order valence-corrected chi connectivity index (χ1v) is 21.3. The minimum atomic E-state index is 0.0380. The smallest absolute Gasteiger partial charge is 0.0126 e. The van der Waals surface area contributed by atoms with Gasteiger partial charge in [0.15, 0.2) is 0 Å². The van der Waals surface area contributed by atoms with Gasteiger partial charge in [-0.25, -0.2) is 12.2 Å². The molecular formula is C51H46Br2Zr. The van der Waals surface area contributed by atoms with Gasteiger partial charge in [0.2, 0.25) is 0 Å². The molecule has 54 heavy (non-hydrogen) atoms. The van der Waals surface area contributed by atoms with E-state index in [1.807, 2.05) is 12.2 Å². The van der Waals surface area contributed by atoms with E-state index in [0.717, 1.165) is 21.8 Å². The molecule has 2 aliphatic rings. The first-order valence-electron chi connectivity index (χ1n) is 18.5. The van der Waals surface area contributed by atoms with Crippen molar-refractivity contribution in [3.63, 3.8) is 0 Å². The molecule has 0 bridgehead atoms. The van der Waals surface area contributed by atoms with Crippen LogP contribution in [0.15, 0.2) is 155 Å². The topological polar surface area (TPSA) is 0 Å². The fraction of sp³-hybridized carbons (Fsp3) is 0.196.